The van der Waals surface area contributed by atoms with Crippen LogP contribution in [0.5, 0.6) is 0 Å². The summed E-state index contributed by atoms with van der Waals surface area (Å²) in [6.45, 7) is 0. The molecule has 2 aromatic rings. The Morgan fingerprint density at radius 3 is 2.75 bits per heavy atom. The number of anilines is 1. The first-order valence-electron chi connectivity index (χ1n) is 4.13. The maximum absolute atomic E-state index is 7.77. The number of rotatable bonds is 0. The maximum Gasteiger partial charge on any atom is 0.0641 e. The second kappa shape index (κ2) is 2.79. The summed E-state index contributed by atoms with van der Waals surface area (Å²) in [5, 5.41) is 1.93. The van der Waals surface area contributed by atoms with Gasteiger partial charge >= 0.3 is 0 Å². The number of benzene rings is 2. The van der Waals surface area contributed by atoms with Crippen molar-refractivity contribution in [1.82, 2.24) is 0 Å². The van der Waals surface area contributed by atoms with Crippen LogP contribution in [0, 0.1) is 0 Å². The number of hydrogen-bond donors (Lipinski definition) is 1. The highest BCUT2D eigenvalue weighted by Gasteiger charge is 1.93. The van der Waals surface area contributed by atoms with Gasteiger partial charge in [0.05, 0.1) is 1.37 Å². The lowest BCUT2D eigenvalue weighted by Gasteiger charge is -1.99. The van der Waals surface area contributed by atoms with Crippen LogP contribution in [0.2, 0.25) is 0 Å². The van der Waals surface area contributed by atoms with E-state index in [-0.39, 0.29) is 0 Å². The molecule has 2 rings (SSSR count). The van der Waals surface area contributed by atoms with E-state index in [9.17, 15) is 0 Å². The summed E-state index contributed by atoms with van der Waals surface area (Å²) < 4.78 is 8.58. The second-order valence-electron chi connectivity index (χ2n) is 2.65. The number of hydrogen-bond acceptors (Lipinski definition) is 1. The Labute approximate surface area is 80.7 Å². The lowest BCUT2D eigenvalue weighted by Crippen LogP contribution is -1.83. The van der Waals surface area contributed by atoms with Crippen molar-refractivity contribution in [1.29, 1.82) is 0 Å². The van der Waals surface area contributed by atoms with Crippen LogP contribution < -0.4 is 5.73 Å². The van der Waals surface area contributed by atoms with Gasteiger partial charge in [0.1, 0.15) is 0 Å². The number of nitrogen functional groups attached to an aromatic ring is 1. The minimum absolute atomic E-state index is 0.512. The quantitative estimate of drug-likeness (QED) is 0.682. The van der Waals surface area contributed by atoms with E-state index in [1.54, 1.807) is 0 Å². The van der Waals surface area contributed by atoms with Crippen molar-refractivity contribution in [2.24, 2.45) is 0 Å². The van der Waals surface area contributed by atoms with Gasteiger partial charge in [0.15, 0.2) is 0 Å². The minimum Gasteiger partial charge on any atom is -0.399 e. The normalized spacial score (nSPS) is 11.6. The van der Waals surface area contributed by atoms with Gasteiger partial charge in [0, 0.05) is 10.2 Å². The first-order valence-corrected chi connectivity index (χ1v) is 4.42. The molecule has 12 heavy (non-hydrogen) atoms. The predicted octanol–water partition coefficient (Wildman–Crippen LogP) is 3.18. The Balaban J connectivity index is 2.87. The molecule has 0 spiro atoms. The van der Waals surface area contributed by atoms with E-state index in [1.807, 2.05) is 30.3 Å². The molecule has 0 bridgehead atoms. The highest BCUT2D eigenvalue weighted by atomic mass is 79.9. The third-order valence-corrected chi connectivity index (χ3v) is 2.20. The third kappa shape index (κ3) is 1.30. The molecule has 0 unspecified atom stereocenters. The van der Waals surface area contributed by atoms with Crippen LogP contribution in [-0.2, 0) is 0 Å². The largest absolute Gasteiger partial charge is 0.399 e. The summed E-state index contributed by atoms with van der Waals surface area (Å²) in [5.41, 5.74) is 6.37. The molecule has 0 aliphatic heterocycles. The first kappa shape index (κ1) is 6.49. The van der Waals surface area contributed by atoms with Crippen LogP contribution in [0.3, 0.4) is 0 Å². The van der Waals surface area contributed by atoms with E-state index in [0.717, 1.165) is 20.9 Å². The summed E-state index contributed by atoms with van der Waals surface area (Å²) in [6, 6.07) is 9.89. The first-order chi connectivity index (χ1) is 6.18. The fourth-order valence-corrected chi connectivity index (χ4v) is 1.51. The van der Waals surface area contributed by atoms with Crippen LogP contribution >= 0.6 is 15.9 Å². The number of fused-ring (bicyclic) bond motifs is 1. The SMILES string of the molecule is [2H]c1c(Br)ccc2cc(N)ccc12. The van der Waals surface area contributed by atoms with Gasteiger partial charge < -0.3 is 5.73 Å². The van der Waals surface area contributed by atoms with Crippen molar-refractivity contribution >= 4 is 32.4 Å². The molecule has 0 amide bonds. The van der Waals surface area contributed by atoms with Gasteiger partial charge in [-0.1, -0.05) is 28.1 Å². The summed E-state index contributed by atoms with van der Waals surface area (Å²) in [4.78, 5) is 0. The Morgan fingerprint density at radius 2 is 1.92 bits per heavy atom. The average Bonchev–Trinajstić information content (AvgIpc) is 2.12. The van der Waals surface area contributed by atoms with Crippen LogP contribution in [0.1, 0.15) is 1.37 Å². The molecule has 1 nitrogen and oxygen atoms in total. The van der Waals surface area contributed by atoms with Crippen LogP contribution in [0.25, 0.3) is 10.8 Å². The zero-order chi connectivity index (χ0) is 9.42. The standard InChI is InChI=1S/C10H8BrN/c11-9-3-1-8-6-10(12)4-2-7(8)5-9/h1-6H,12H2/i5D. The van der Waals surface area contributed by atoms with Gasteiger partial charge in [-0.3, -0.25) is 0 Å². The topological polar surface area (TPSA) is 26.0 Å². The van der Waals surface area contributed by atoms with Gasteiger partial charge in [-0.15, -0.1) is 0 Å². The predicted molar refractivity (Wildman–Crippen MR) is 56.1 cm³/mol. The molecule has 0 saturated carbocycles. The van der Waals surface area contributed by atoms with Gasteiger partial charge in [0.2, 0.25) is 0 Å². The van der Waals surface area contributed by atoms with Crippen LogP contribution in [-0.4, -0.2) is 0 Å². The molecule has 0 saturated heterocycles. The van der Waals surface area contributed by atoms with E-state index >= 15 is 0 Å². The molecule has 0 heterocycles. The highest BCUT2D eigenvalue weighted by Crippen LogP contribution is 2.21. The Bertz CT molecular complexity index is 468. The lowest BCUT2D eigenvalue weighted by molar-refractivity contribution is 1.69. The molecule has 0 atom stereocenters. The van der Waals surface area contributed by atoms with E-state index in [1.165, 1.54) is 0 Å². The van der Waals surface area contributed by atoms with Gasteiger partial charge in [-0.25, -0.2) is 0 Å². The van der Waals surface area contributed by atoms with Crippen LogP contribution in [0.15, 0.2) is 40.8 Å². The molecule has 0 aliphatic carbocycles. The van der Waals surface area contributed by atoms with Gasteiger partial charge in [-0.05, 0) is 35.0 Å². The van der Waals surface area contributed by atoms with E-state index in [0.29, 0.717) is 6.04 Å². The second-order valence-corrected chi connectivity index (χ2v) is 3.51. The molecular formula is C10H8BrN. The van der Waals surface area contributed by atoms with E-state index in [2.05, 4.69) is 15.9 Å². The van der Waals surface area contributed by atoms with Crippen molar-refractivity contribution in [3.63, 3.8) is 0 Å². The molecule has 0 fully saturated rings. The highest BCUT2D eigenvalue weighted by molar-refractivity contribution is 9.10. The molecule has 2 heteroatoms. The Hall–Kier alpha value is -1.02. The van der Waals surface area contributed by atoms with Crippen molar-refractivity contribution in [2.75, 3.05) is 5.73 Å². The average molecular weight is 223 g/mol. The van der Waals surface area contributed by atoms with Crippen molar-refractivity contribution in [3.8, 4) is 0 Å². The summed E-state index contributed by atoms with van der Waals surface area (Å²) in [5.74, 6) is 0. The lowest BCUT2D eigenvalue weighted by atomic mass is 10.1. The minimum atomic E-state index is 0.512. The van der Waals surface area contributed by atoms with Crippen LogP contribution in [0.4, 0.5) is 5.69 Å². The maximum atomic E-state index is 7.77. The summed E-state index contributed by atoms with van der Waals surface area (Å²) in [6.07, 6.45) is 0. The Kier molecular flexibility index (Phi) is 1.51. The molecule has 0 aliphatic rings. The molecule has 60 valence electrons. The fraction of sp³-hybridized carbons (Fsp3) is 0. The van der Waals surface area contributed by atoms with E-state index < -0.39 is 0 Å². The van der Waals surface area contributed by atoms with Gasteiger partial charge in [0.25, 0.3) is 0 Å². The Morgan fingerprint density at radius 1 is 1.17 bits per heavy atom. The molecular weight excluding hydrogens is 214 g/mol. The summed E-state index contributed by atoms with van der Waals surface area (Å²) >= 11 is 3.32. The zero-order valence-electron chi connectivity index (χ0n) is 7.34. The molecule has 0 aromatic heterocycles. The van der Waals surface area contributed by atoms with Crippen molar-refractivity contribution < 1.29 is 1.37 Å². The number of halogens is 1. The summed E-state index contributed by atoms with van der Waals surface area (Å²) in [7, 11) is 0. The molecule has 0 radical (unpaired) electrons. The fourth-order valence-electron chi connectivity index (χ4n) is 1.17. The van der Waals surface area contributed by atoms with Gasteiger partial charge in [-0.2, -0.15) is 0 Å². The number of nitrogens with two attached hydrogens (primary N) is 1. The van der Waals surface area contributed by atoms with Crippen molar-refractivity contribution in [2.45, 2.75) is 0 Å². The smallest absolute Gasteiger partial charge is 0.0641 e. The third-order valence-electron chi connectivity index (χ3n) is 1.74. The zero-order valence-corrected chi connectivity index (χ0v) is 7.93. The molecule has 2 aromatic carbocycles. The monoisotopic (exact) mass is 222 g/mol. The van der Waals surface area contributed by atoms with E-state index in [4.69, 9.17) is 7.10 Å². The molecule has 2 N–H and O–H groups in total. The van der Waals surface area contributed by atoms with Crippen molar-refractivity contribution in [3.05, 3.63) is 40.8 Å².